The second kappa shape index (κ2) is 15.8. The summed E-state index contributed by atoms with van der Waals surface area (Å²) >= 11 is 0. The molecule has 0 fully saturated rings. The summed E-state index contributed by atoms with van der Waals surface area (Å²) < 4.78 is 13.0. The summed E-state index contributed by atoms with van der Waals surface area (Å²) in [6.45, 7) is 6.41. The van der Waals surface area contributed by atoms with Gasteiger partial charge in [0.25, 0.3) is 19.4 Å². The first-order valence-electron chi connectivity index (χ1n) is 4.31. The molecule has 0 bridgehead atoms. The Bertz CT molecular complexity index is 169. The average Bonchev–Trinajstić information content (AvgIpc) is 2.16. The van der Waals surface area contributed by atoms with E-state index in [4.69, 9.17) is 0 Å². The Morgan fingerprint density at radius 3 is 1.69 bits per heavy atom. The highest BCUT2D eigenvalue weighted by atomic mass is 16.6. The van der Waals surface area contributed by atoms with E-state index >= 15 is 0 Å². The van der Waals surface area contributed by atoms with Gasteiger partial charge in [0.05, 0.1) is 6.10 Å². The quantitative estimate of drug-likeness (QED) is 0.435. The maximum Gasteiger partial charge on any atom is 0.293 e. The van der Waals surface area contributed by atoms with E-state index in [0.29, 0.717) is 19.4 Å². The number of carbonyl (C=O) groups is 3. The molecule has 0 amide bonds. The zero-order valence-corrected chi connectivity index (χ0v) is 9.54. The Morgan fingerprint density at radius 1 is 0.938 bits per heavy atom. The molecule has 96 valence electrons. The summed E-state index contributed by atoms with van der Waals surface area (Å²) in [5.74, 6) is 0. The summed E-state index contributed by atoms with van der Waals surface area (Å²) in [4.78, 5) is 28.6. The molecule has 0 rings (SSSR count). The number of hydrogen-bond acceptors (Lipinski definition) is 6. The maximum atomic E-state index is 9.61. The van der Waals surface area contributed by atoms with Crippen LogP contribution < -0.4 is 0 Å². The summed E-state index contributed by atoms with van der Waals surface area (Å²) in [6.07, 6.45) is -0.324. The topological polar surface area (TPSA) is 110 Å². The third kappa shape index (κ3) is 22.8. The normalized spacial score (nSPS) is 9.75. The fraction of sp³-hybridized carbons (Fsp3) is 0.667. The van der Waals surface area contributed by atoms with Crippen LogP contribution in [0.3, 0.4) is 0 Å². The maximum absolute atomic E-state index is 9.61. The second-order valence-corrected chi connectivity index (χ2v) is 2.75. The number of ether oxygens (including phenoxy) is 3. The molecule has 1 unspecified atom stereocenters. The lowest BCUT2D eigenvalue weighted by atomic mass is 10.4. The summed E-state index contributed by atoms with van der Waals surface area (Å²) in [5.41, 5.74) is 0. The average molecular weight is 238 g/mol. The highest BCUT2D eigenvalue weighted by molar-refractivity contribution is 5.38. The van der Waals surface area contributed by atoms with Crippen molar-refractivity contribution in [2.45, 2.75) is 33.0 Å². The SMILES string of the molecule is CC(C)OC=O.CC(COC=O)OC=O.O. The molecular formula is C9H18O7. The van der Waals surface area contributed by atoms with Gasteiger partial charge in [-0.05, 0) is 20.8 Å². The predicted octanol–water partition coefficient (Wildman–Crippen LogP) is -0.536. The van der Waals surface area contributed by atoms with Gasteiger partial charge in [-0.15, -0.1) is 0 Å². The van der Waals surface area contributed by atoms with E-state index in [9.17, 15) is 14.4 Å². The van der Waals surface area contributed by atoms with Gasteiger partial charge in [0.1, 0.15) is 12.7 Å². The van der Waals surface area contributed by atoms with Crippen molar-refractivity contribution < 1.29 is 34.1 Å². The monoisotopic (exact) mass is 238 g/mol. The minimum atomic E-state index is -0.354. The van der Waals surface area contributed by atoms with Crippen LogP contribution in [-0.4, -0.2) is 43.7 Å². The van der Waals surface area contributed by atoms with Crippen LogP contribution in [0.2, 0.25) is 0 Å². The van der Waals surface area contributed by atoms with E-state index in [-0.39, 0.29) is 24.3 Å². The van der Waals surface area contributed by atoms with Crippen molar-refractivity contribution >= 4 is 19.4 Å². The van der Waals surface area contributed by atoms with Gasteiger partial charge >= 0.3 is 0 Å². The molecule has 0 aliphatic rings. The van der Waals surface area contributed by atoms with Gasteiger partial charge in [-0.1, -0.05) is 0 Å². The van der Waals surface area contributed by atoms with Gasteiger partial charge in [-0.2, -0.15) is 0 Å². The fourth-order valence-corrected chi connectivity index (χ4v) is 0.420. The largest absolute Gasteiger partial charge is 0.465 e. The zero-order valence-electron chi connectivity index (χ0n) is 9.54. The fourth-order valence-electron chi connectivity index (χ4n) is 0.420. The zero-order chi connectivity index (χ0) is 12.1. The lowest BCUT2D eigenvalue weighted by molar-refractivity contribution is -0.141. The Hall–Kier alpha value is -1.63. The first-order chi connectivity index (χ1) is 7.08. The van der Waals surface area contributed by atoms with Crippen LogP contribution in [0.4, 0.5) is 0 Å². The number of hydrogen-bond donors (Lipinski definition) is 0. The van der Waals surface area contributed by atoms with Gasteiger partial charge in [0.2, 0.25) is 0 Å². The molecule has 0 spiro atoms. The van der Waals surface area contributed by atoms with Crippen molar-refractivity contribution in [1.29, 1.82) is 0 Å². The minimum absolute atomic E-state index is 0. The molecule has 0 aliphatic carbocycles. The number of rotatable bonds is 7. The van der Waals surface area contributed by atoms with Gasteiger partial charge in [0.15, 0.2) is 0 Å². The second-order valence-electron chi connectivity index (χ2n) is 2.75. The Kier molecular flexibility index (Phi) is 19.7. The Balaban J connectivity index is -0.000000214. The van der Waals surface area contributed by atoms with Crippen LogP contribution in [0, 0.1) is 0 Å². The van der Waals surface area contributed by atoms with Crippen LogP contribution in [0.5, 0.6) is 0 Å². The molecule has 0 radical (unpaired) electrons. The van der Waals surface area contributed by atoms with Crippen LogP contribution in [0.25, 0.3) is 0 Å². The first kappa shape index (κ1) is 19.9. The van der Waals surface area contributed by atoms with E-state index < -0.39 is 0 Å². The highest BCUT2D eigenvalue weighted by Crippen LogP contribution is 1.86. The van der Waals surface area contributed by atoms with Crippen LogP contribution >= 0.6 is 0 Å². The van der Waals surface area contributed by atoms with Gasteiger partial charge in [-0.25, -0.2) is 0 Å². The van der Waals surface area contributed by atoms with E-state index in [2.05, 4.69) is 14.2 Å². The smallest absolute Gasteiger partial charge is 0.293 e. The van der Waals surface area contributed by atoms with E-state index in [1.54, 1.807) is 20.8 Å². The van der Waals surface area contributed by atoms with Crippen LogP contribution in [-0.2, 0) is 28.6 Å². The van der Waals surface area contributed by atoms with E-state index in [0.717, 1.165) is 0 Å². The lowest BCUT2D eigenvalue weighted by Crippen LogP contribution is -2.14. The molecular weight excluding hydrogens is 220 g/mol. The van der Waals surface area contributed by atoms with Gasteiger partial charge in [0, 0.05) is 0 Å². The van der Waals surface area contributed by atoms with Crippen molar-refractivity contribution in [3.63, 3.8) is 0 Å². The molecule has 0 saturated carbocycles. The molecule has 0 aliphatic heterocycles. The van der Waals surface area contributed by atoms with E-state index in [1.165, 1.54) is 0 Å². The van der Waals surface area contributed by atoms with Crippen molar-refractivity contribution in [2.75, 3.05) is 6.61 Å². The lowest BCUT2D eigenvalue weighted by Gasteiger charge is -2.05. The summed E-state index contributed by atoms with van der Waals surface area (Å²) in [5, 5.41) is 0. The summed E-state index contributed by atoms with van der Waals surface area (Å²) in [6, 6.07) is 0. The van der Waals surface area contributed by atoms with Crippen LogP contribution in [0.1, 0.15) is 20.8 Å². The molecule has 2 N–H and O–H groups in total. The molecule has 0 aromatic rings. The van der Waals surface area contributed by atoms with Crippen LogP contribution in [0.15, 0.2) is 0 Å². The molecule has 0 aromatic heterocycles. The third-order valence-corrected chi connectivity index (χ3v) is 1.01. The Morgan fingerprint density at radius 2 is 1.44 bits per heavy atom. The van der Waals surface area contributed by atoms with Gasteiger partial charge in [-0.3, -0.25) is 14.4 Å². The molecule has 1 atom stereocenters. The van der Waals surface area contributed by atoms with Crippen molar-refractivity contribution in [3.8, 4) is 0 Å². The Labute approximate surface area is 94.0 Å². The van der Waals surface area contributed by atoms with Crippen molar-refractivity contribution in [1.82, 2.24) is 0 Å². The summed E-state index contributed by atoms with van der Waals surface area (Å²) in [7, 11) is 0. The van der Waals surface area contributed by atoms with E-state index in [1.807, 2.05) is 0 Å². The van der Waals surface area contributed by atoms with Crippen molar-refractivity contribution in [2.24, 2.45) is 0 Å². The molecule has 7 nitrogen and oxygen atoms in total. The predicted molar refractivity (Wildman–Crippen MR) is 54.5 cm³/mol. The molecule has 7 heteroatoms. The standard InChI is InChI=1S/C5H8O4.C4H8O2.H2O/c1-5(9-4-7)2-8-3-6;1-4(2)6-3-5;/h3-5H,2H2,1H3;3-4H,1-2H3;1H2. The molecule has 0 aromatic carbocycles. The third-order valence-electron chi connectivity index (χ3n) is 1.01. The van der Waals surface area contributed by atoms with Gasteiger partial charge < -0.3 is 19.7 Å². The minimum Gasteiger partial charge on any atom is -0.465 e. The molecule has 0 saturated heterocycles. The molecule has 0 heterocycles. The van der Waals surface area contributed by atoms with Crippen molar-refractivity contribution in [3.05, 3.63) is 0 Å². The first-order valence-corrected chi connectivity index (χ1v) is 4.31. The molecule has 16 heavy (non-hydrogen) atoms. The number of carbonyl (C=O) groups excluding carboxylic acids is 3. The highest BCUT2D eigenvalue weighted by Gasteiger charge is 1.98.